The van der Waals surface area contributed by atoms with Gasteiger partial charge in [-0.2, -0.15) is 0 Å². The minimum atomic E-state index is 0.0517. The van der Waals surface area contributed by atoms with E-state index >= 15 is 0 Å². The molecule has 0 aliphatic heterocycles. The normalized spacial score (nSPS) is 11.0. The standard InChI is InChI=1S/C17H27ClN2O/c1-6-19-16-8-7-14(18)9-15(16)17(21)20(10-12(2)3)11-13(4)5/h7-9,12-13,19H,6,10-11H2,1-5H3. The molecule has 1 amide bonds. The highest BCUT2D eigenvalue weighted by atomic mass is 35.5. The molecule has 1 aromatic carbocycles. The molecule has 0 aromatic heterocycles. The first kappa shape index (κ1) is 17.8. The maximum absolute atomic E-state index is 12.9. The number of nitrogens with one attached hydrogen (secondary N) is 1. The Labute approximate surface area is 133 Å². The van der Waals surface area contributed by atoms with Crippen LogP contribution in [0, 0.1) is 11.8 Å². The van der Waals surface area contributed by atoms with Crippen LogP contribution in [0.4, 0.5) is 5.69 Å². The highest BCUT2D eigenvalue weighted by Crippen LogP contribution is 2.23. The lowest BCUT2D eigenvalue weighted by Gasteiger charge is -2.27. The number of halogens is 1. The summed E-state index contributed by atoms with van der Waals surface area (Å²) in [6, 6.07) is 5.45. The minimum absolute atomic E-state index is 0.0517. The molecule has 0 fully saturated rings. The van der Waals surface area contributed by atoms with E-state index in [1.165, 1.54) is 0 Å². The quantitative estimate of drug-likeness (QED) is 0.802. The Hall–Kier alpha value is -1.22. The number of anilines is 1. The molecule has 0 radical (unpaired) electrons. The van der Waals surface area contributed by atoms with Crippen LogP contribution in [-0.2, 0) is 0 Å². The molecule has 4 heteroatoms. The van der Waals surface area contributed by atoms with Crippen molar-refractivity contribution < 1.29 is 4.79 Å². The second kappa shape index (κ2) is 8.28. The fraction of sp³-hybridized carbons (Fsp3) is 0.588. The molecule has 0 heterocycles. The highest BCUT2D eigenvalue weighted by molar-refractivity contribution is 6.31. The van der Waals surface area contributed by atoms with Crippen molar-refractivity contribution >= 4 is 23.2 Å². The molecule has 21 heavy (non-hydrogen) atoms. The van der Waals surface area contributed by atoms with Gasteiger partial charge in [-0.3, -0.25) is 4.79 Å². The Balaban J connectivity index is 3.09. The first-order valence-corrected chi connectivity index (χ1v) is 8.05. The largest absolute Gasteiger partial charge is 0.385 e. The van der Waals surface area contributed by atoms with Crippen molar-refractivity contribution in [2.75, 3.05) is 25.0 Å². The monoisotopic (exact) mass is 310 g/mol. The van der Waals surface area contributed by atoms with Crippen molar-refractivity contribution in [3.63, 3.8) is 0 Å². The Bertz CT molecular complexity index is 462. The number of carbonyl (C=O) groups is 1. The van der Waals surface area contributed by atoms with E-state index in [9.17, 15) is 4.79 Å². The van der Waals surface area contributed by atoms with E-state index in [-0.39, 0.29) is 5.91 Å². The summed E-state index contributed by atoms with van der Waals surface area (Å²) in [7, 11) is 0. The zero-order valence-corrected chi connectivity index (χ0v) is 14.5. The van der Waals surface area contributed by atoms with Crippen molar-refractivity contribution in [1.82, 2.24) is 4.90 Å². The van der Waals surface area contributed by atoms with Crippen LogP contribution in [0.2, 0.25) is 5.02 Å². The average Bonchev–Trinajstić information content (AvgIpc) is 2.38. The smallest absolute Gasteiger partial charge is 0.256 e. The molecule has 1 N–H and O–H groups in total. The molecule has 0 bridgehead atoms. The molecule has 0 unspecified atom stereocenters. The van der Waals surface area contributed by atoms with Gasteiger partial charge in [0.15, 0.2) is 0 Å². The van der Waals surface area contributed by atoms with Crippen LogP contribution in [-0.4, -0.2) is 30.4 Å². The van der Waals surface area contributed by atoms with Gasteiger partial charge in [-0.1, -0.05) is 39.3 Å². The molecule has 1 aromatic rings. The number of hydrogen-bond donors (Lipinski definition) is 1. The van der Waals surface area contributed by atoms with Crippen LogP contribution >= 0.6 is 11.6 Å². The maximum atomic E-state index is 12.9. The third-order valence-corrected chi connectivity index (χ3v) is 3.27. The Morgan fingerprint density at radius 3 is 2.24 bits per heavy atom. The van der Waals surface area contributed by atoms with E-state index in [2.05, 4.69) is 33.0 Å². The summed E-state index contributed by atoms with van der Waals surface area (Å²) in [5, 5.41) is 3.83. The van der Waals surface area contributed by atoms with Crippen LogP contribution in [0.15, 0.2) is 18.2 Å². The molecule has 0 atom stereocenters. The zero-order valence-electron chi connectivity index (χ0n) is 13.7. The van der Waals surface area contributed by atoms with Gasteiger partial charge in [0.2, 0.25) is 0 Å². The van der Waals surface area contributed by atoms with Crippen molar-refractivity contribution in [3.8, 4) is 0 Å². The Morgan fingerprint density at radius 2 is 1.76 bits per heavy atom. The predicted octanol–water partition coefficient (Wildman–Crippen LogP) is 4.53. The highest BCUT2D eigenvalue weighted by Gasteiger charge is 2.21. The molecular formula is C17H27ClN2O. The number of benzene rings is 1. The van der Waals surface area contributed by atoms with Gasteiger partial charge in [-0.25, -0.2) is 0 Å². The van der Waals surface area contributed by atoms with Gasteiger partial charge in [0, 0.05) is 30.3 Å². The summed E-state index contributed by atoms with van der Waals surface area (Å²) in [6.07, 6.45) is 0. The molecule has 3 nitrogen and oxygen atoms in total. The third kappa shape index (κ3) is 5.58. The van der Waals surface area contributed by atoms with Crippen molar-refractivity contribution in [2.45, 2.75) is 34.6 Å². The predicted molar refractivity (Wildman–Crippen MR) is 91.2 cm³/mol. The van der Waals surface area contributed by atoms with Crippen LogP contribution in [0.25, 0.3) is 0 Å². The summed E-state index contributed by atoms with van der Waals surface area (Å²) < 4.78 is 0. The number of carbonyl (C=O) groups excluding carboxylic acids is 1. The van der Waals surface area contributed by atoms with Gasteiger partial charge >= 0.3 is 0 Å². The van der Waals surface area contributed by atoms with Crippen molar-refractivity contribution in [3.05, 3.63) is 28.8 Å². The molecule has 0 spiro atoms. The van der Waals surface area contributed by atoms with Gasteiger partial charge in [-0.05, 0) is 37.0 Å². The Kier molecular flexibility index (Phi) is 7.03. The summed E-state index contributed by atoms with van der Waals surface area (Å²) in [4.78, 5) is 14.8. The van der Waals surface area contributed by atoms with Crippen molar-refractivity contribution in [2.24, 2.45) is 11.8 Å². The maximum Gasteiger partial charge on any atom is 0.256 e. The van der Waals surface area contributed by atoms with Gasteiger partial charge in [-0.15, -0.1) is 0 Å². The molecule has 0 aliphatic carbocycles. The second-order valence-electron chi connectivity index (χ2n) is 6.22. The van der Waals surface area contributed by atoms with Crippen molar-refractivity contribution in [1.29, 1.82) is 0 Å². The van der Waals surface area contributed by atoms with Crippen LogP contribution < -0.4 is 5.32 Å². The van der Waals surface area contributed by atoms with E-state index in [0.29, 0.717) is 22.4 Å². The van der Waals surface area contributed by atoms with E-state index in [4.69, 9.17) is 11.6 Å². The summed E-state index contributed by atoms with van der Waals surface area (Å²) in [5.74, 6) is 0.930. The van der Waals surface area contributed by atoms with Crippen LogP contribution in [0.1, 0.15) is 45.0 Å². The van der Waals surface area contributed by atoms with E-state index in [1.807, 2.05) is 24.0 Å². The molecule has 118 valence electrons. The molecule has 0 aliphatic rings. The molecule has 0 saturated carbocycles. The topological polar surface area (TPSA) is 32.3 Å². The summed E-state index contributed by atoms with van der Waals surface area (Å²) >= 11 is 6.08. The number of nitrogens with zero attached hydrogens (tertiary/aromatic N) is 1. The lowest BCUT2D eigenvalue weighted by Crippen LogP contribution is -2.37. The van der Waals surface area contributed by atoms with E-state index < -0.39 is 0 Å². The fourth-order valence-corrected chi connectivity index (χ4v) is 2.50. The van der Waals surface area contributed by atoms with Crippen LogP contribution in [0.5, 0.6) is 0 Å². The van der Waals surface area contributed by atoms with Gasteiger partial charge in [0.05, 0.1) is 5.56 Å². The first-order chi connectivity index (χ1) is 9.85. The molecule has 0 saturated heterocycles. The average molecular weight is 311 g/mol. The number of hydrogen-bond acceptors (Lipinski definition) is 2. The van der Waals surface area contributed by atoms with Crippen LogP contribution in [0.3, 0.4) is 0 Å². The van der Waals surface area contributed by atoms with E-state index in [0.717, 1.165) is 25.3 Å². The second-order valence-corrected chi connectivity index (χ2v) is 6.65. The SMILES string of the molecule is CCNc1ccc(Cl)cc1C(=O)N(CC(C)C)CC(C)C. The molecular weight excluding hydrogens is 284 g/mol. The number of rotatable bonds is 7. The summed E-state index contributed by atoms with van der Waals surface area (Å²) in [6.45, 7) is 12.8. The summed E-state index contributed by atoms with van der Waals surface area (Å²) in [5.41, 5.74) is 1.51. The fourth-order valence-electron chi connectivity index (χ4n) is 2.33. The molecule has 1 rings (SSSR count). The minimum Gasteiger partial charge on any atom is -0.385 e. The third-order valence-electron chi connectivity index (χ3n) is 3.04. The van der Waals surface area contributed by atoms with Gasteiger partial charge in [0.25, 0.3) is 5.91 Å². The number of amides is 1. The lowest BCUT2D eigenvalue weighted by atomic mass is 10.1. The zero-order chi connectivity index (χ0) is 16.0. The Morgan fingerprint density at radius 1 is 1.19 bits per heavy atom. The first-order valence-electron chi connectivity index (χ1n) is 7.67. The van der Waals surface area contributed by atoms with Gasteiger partial charge < -0.3 is 10.2 Å². The van der Waals surface area contributed by atoms with E-state index in [1.54, 1.807) is 6.07 Å². The van der Waals surface area contributed by atoms with Gasteiger partial charge in [0.1, 0.15) is 0 Å². The lowest BCUT2D eigenvalue weighted by molar-refractivity contribution is 0.0716.